The van der Waals surface area contributed by atoms with Crippen LogP contribution in [0.4, 0.5) is 32.0 Å². The van der Waals surface area contributed by atoms with E-state index in [2.05, 4.69) is 4.72 Å². The van der Waals surface area contributed by atoms with E-state index in [4.69, 9.17) is 14.2 Å². The minimum atomic E-state index is -4.91. The number of hydrogen-bond donors (Lipinski definition) is 1. The predicted molar refractivity (Wildman–Crippen MR) is 140 cm³/mol. The fraction of sp³-hybridized carbons (Fsp3) is 0.481. The number of alkyl halides is 6. The highest BCUT2D eigenvalue weighted by Gasteiger charge is 2.47. The number of rotatable bonds is 9. The SMILES string of the molecule is O=S(=O)(CC(F)(F)F)NC1(c2cccc(N3CC=C(Oc4ccc(C(F)(F)F)cc4)N3CC3CCOCC3)c2)COC1. The molecular weight excluding hydrogens is 592 g/mol. The van der Waals surface area contributed by atoms with Crippen LogP contribution in [-0.4, -0.2) is 64.9 Å². The number of nitrogens with zero attached hydrogens (tertiary/aromatic N) is 2. The Morgan fingerprint density at radius 1 is 0.976 bits per heavy atom. The fourth-order valence-electron chi connectivity index (χ4n) is 5.13. The molecule has 0 aliphatic carbocycles. The summed E-state index contributed by atoms with van der Waals surface area (Å²) in [5.74, 6) is -1.17. The van der Waals surface area contributed by atoms with Gasteiger partial charge in [-0.25, -0.2) is 8.42 Å². The average Bonchev–Trinajstić information content (AvgIpc) is 3.27. The molecule has 2 aromatic carbocycles. The molecule has 3 aliphatic rings. The highest BCUT2D eigenvalue weighted by atomic mass is 32.2. The van der Waals surface area contributed by atoms with Gasteiger partial charge in [0.25, 0.3) is 0 Å². The van der Waals surface area contributed by atoms with Crippen LogP contribution in [0.2, 0.25) is 0 Å². The van der Waals surface area contributed by atoms with Crippen LogP contribution in [0.3, 0.4) is 0 Å². The molecule has 230 valence electrons. The van der Waals surface area contributed by atoms with Crippen molar-refractivity contribution < 1.29 is 49.0 Å². The van der Waals surface area contributed by atoms with Crippen LogP contribution in [0.1, 0.15) is 24.0 Å². The third-order valence-electron chi connectivity index (χ3n) is 7.26. The van der Waals surface area contributed by atoms with E-state index in [1.54, 1.807) is 30.3 Å². The van der Waals surface area contributed by atoms with E-state index in [9.17, 15) is 34.8 Å². The van der Waals surface area contributed by atoms with Crippen molar-refractivity contribution >= 4 is 15.7 Å². The number of hydrogen-bond acceptors (Lipinski definition) is 7. The number of sulfonamides is 1. The van der Waals surface area contributed by atoms with E-state index >= 15 is 0 Å². The monoisotopic (exact) mass is 621 g/mol. The van der Waals surface area contributed by atoms with Gasteiger partial charge in [-0.3, -0.25) is 10.0 Å². The molecule has 0 unspecified atom stereocenters. The zero-order valence-corrected chi connectivity index (χ0v) is 23.1. The predicted octanol–water partition coefficient (Wildman–Crippen LogP) is 4.80. The summed E-state index contributed by atoms with van der Waals surface area (Å²) in [5, 5.41) is 3.74. The van der Waals surface area contributed by atoms with Gasteiger partial charge in [0.2, 0.25) is 15.9 Å². The van der Waals surface area contributed by atoms with Crippen LogP contribution < -0.4 is 14.5 Å². The molecule has 3 heterocycles. The third kappa shape index (κ3) is 7.13. The van der Waals surface area contributed by atoms with Crippen molar-refractivity contribution in [2.24, 2.45) is 5.92 Å². The second kappa shape index (κ2) is 11.6. The van der Waals surface area contributed by atoms with E-state index < -0.39 is 39.2 Å². The fourth-order valence-corrected chi connectivity index (χ4v) is 6.46. The lowest BCUT2D eigenvalue weighted by Crippen LogP contribution is -2.60. The van der Waals surface area contributed by atoms with Crippen molar-refractivity contribution in [2.75, 3.05) is 50.3 Å². The molecule has 8 nitrogen and oxygen atoms in total. The smallest absolute Gasteiger partial charge is 0.416 e. The van der Waals surface area contributed by atoms with Gasteiger partial charge >= 0.3 is 12.4 Å². The second-order valence-corrected chi connectivity index (χ2v) is 12.2. The zero-order valence-electron chi connectivity index (χ0n) is 22.2. The highest BCUT2D eigenvalue weighted by molar-refractivity contribution is 7.89. The Balaban J connectivity index is 1.39. The first-order valence-corrected chi connectivity index (χ1v) is 14.8. The van der Waals surface area contributed by atoms with Crippen molar-refractivity contribution in [3.05, 3.63) is 71.6 Å². The van der Waals surface area contributed by atoms with Gasteiger partial charge in [-0.1, -0.05) is 12.1 Å². The molecule has 5 rings (SSSR count). The summed E-state index contributed by atoms with van der Waals surface area (Å²) in [6.45, 7) is 1.74. The van der Waals surface area contributed by atoms with Crippen LogP contribution in [0, 0.1) is 5.92 Å². The molecule has 3 aliphatic heterocycles. The van der Waals surface area contributed by atoms with Crippen molar-refractivity contribution in [3.63, 3.8) is 0 Å². The molecule has 2 aromatic rings. The summed E-state index contributed by atoms with van der Waals surface area (Å²) in [6.07, 6.45) is -6.03. The van der Waals surface area contributed by atoms with E-state index in [1.807, 2.05) is 10.0 Å². The maximum atomic E-state index is 13.0. The molecule has 2 saturated heterocycles. The Kier molecular flexibility index (Phi) is 8.40. The van der Waals surface area contributed by atoms with Crippen LogP contribution >= 0.6 is 0 Å². The van der Waals surface area contributed by atoms with E-state index in [0.29, 0.717) is 43.4 Å². The highest BCUT2D eigenvalue weighted by Crippen LogP contribution is 2.36. The standard InChI is InChI=1S/C27H29F6N3O5S/c28-26(29,30)18-42(37,38)34-25(16-40-17-25)21-2-1-3-22(14-21)35-11-8-24(36(35)15-19-9-12-39-13-10-19)41-23-6-4-20(5-7-23)27(31,32)33/h1-8,14,19,34H,9-13,15-18H2. The molecule has 0 amide bonds. The van der Waals surface area contributed by atoms with E-state index in [-0.39, 0.29) is 24.9 Å². The largest absolute Gasteiger partial charge is 0.440 e. The van der Waals surface area contributed by atoms with Gasteiger partial charge in [0.05, 0.1) is 31.0 Å². The molecule has 0 bridgehead atoms. The Labute approximate surface area is 238 Å². The van der Waals surface area contributed by atoms with Gasteiger partial charge in [-0.15, -0.1) is 0 Å². The average molecular weight is 622 g/mol. The maximum absolute atomic E-state index is 13.0. The Morgan fingerprint density at radius 3 is 2.26 bits per heavy atom. The Morgan fingerprint density at radius 2 is 1.67 bits per heavy atom. The lowest BCUT2D eigenvalue weighted by molar-refractivity contribution is -0.137. The molecule has 0 saturated carbocycles. The van der Waals surface area contributed by atoms with Crippen LogP contribution in [-0.2, 0) is 31.2 Å². The summed E-state index contributed by atoms with van der Waals surface area (Å²) in [6, 6.07) is 11.1. The lowest BCUT2D eigenvalue weighted by Gasteiger charge is -2.43. The molecule has 2 fully saturated rings. The zero-order chi connectivity index (χ0) is 30.2. The Bertz CT molecular complexity index is 1390. The summed E-state index contributed by atoms with van der Waals surface area (Å²) >= 11 is 0. The summed E-state index contributed by atoms with van der Waals surface area (Å²) in [4.78, 5) is 0. The molecule has 0 spiro atoms. The Hall–Kier alpha value is -3.01. The number of nitrogens with one attached hydrogen (secondary N) is 1. The van der Waals surface area contributed by atoms with E-state index in [1.165, 1.54) is 12.1 Å². The van der Waals surface area contributed by atoms with Crippen LogP contribution in [0.25, 0.3) is 0 Å². The van der Waals surface area contributed by atoms with Gasteiger partial charge in [0.15, 0.2) is 5.75 Å². The van der Waals surface area contributed by atoms with Crippen molar-refractivity contribution in [1.82, 2.24) is 9.73 Å². The van der Waals surface area contributed by atoms with Gasteiger partial charge in [0.1, 0.15) is 11.3 Å². The van der Waals surface area contributed by atoms with Gasteiger partial charge in [-0.2, -0.15) is 31.1 Å². The second-order valence-electron chi connectivity index (χ2n) is 10.5. The number of halogens is 6. The van der Waals surface area contributed by atoms with Gasteiger partial charge in [0, 0.05) is 19.8 Å². The van der Waals surface area contributed by atoms with Gasteiger partial charge < -0.3 is 14.2 Å². The number of hydrazine groups is 1. The topological polar surface area (TPSA) is 80.3 Å². The van der Waals surface area contributed by atoms with E-state index in [0.717, 1.165) is 25.0 Å². The molecular formula is C27H29F6N3O5S. The lowest BCUT2D eigenvalue weighted by atomic mass is 9.89. The normalized spacial score (nSPS) is 19.9. The first-order chi connectivity index (χ1) is 19.7. The molecule has 0 radical (unpaired) electrons. The molecule has 15 heteroatoms. The number of anilines is 1. The summed E-state index contributed by atoms with van der Waals surface area (Å²) in [5.41, 5.74) is -1.12. The van der Waals surface area contributed by atoms with Crippen molar-refractivity contribution in [2.45, 2.75) is 30.7 Å². The molecule has 0 atom stereocenters. The minimum absolute atomic E-state index is 0.139. The molecule has 42 heavy (non-hydrogen) atoms. The third-order valence-corrected chi connectivity index (χ3v) is 8.67. The molecule has 1 N–H and O–H groups in total. The van der Waals surface area contributed by atoms with Crippen molar-refractivity contribution in [3.8, 4) is 5.75 Å². The number of benzene rings is 2. The minimum Gasteiger partial charge on any atom is -0.440 e. The molecule has 0 aromatic heterocycles. The van der Waals surface area contributed by atoms with Gasteiger partial charge in [-0.05, 0) is 66.8 Å². The first-order valence-electron chi connectivity index (χ1n) is 13.2. The number of ether oxygens (including phenoxy) is 3. The van der Waals surface area contributed by atoms with Crippen LogP contribution in [0.15, 0.2) is 60.5 Å². The van der Waals surface area contributed by atoms with Crippen LogP contribution in [0.5, 0.6) is 5.75 Å². The maximum Gasteiger partial charge on any atom is 0.416 e. The first kappa shape index (κ1) is 30.4. The van der Waals surface area contributed by atoms with Crippen molar-refractivity contribution in [1.29, 1.82) is 0 Å². The summed E-state index contributed by atoms with van der Waals surface area (Å²) in [7, 11) is -4.72. The quantitative estimate of drug-likeness (QED) is 0.404. The summed E-state index contributed by atoms with van der Waals surface area (Å²) < 4.78 is 121.